The second-order valence-corrected chi connectivity index (χ2v) is 7.09. The van der Waals surface area contributed by atoms with E-state index < -0.39 is 0 Å². The Kier molecular flexibility index (Phi) is 6.10. The third-order valence-electron chi connectivity index (χ3n) is 5.45. The maximum atomic E-state index is 12.0. The number of carbonyl (C=O) groups excluding carboxylic acids is 1. The zero-order valence-electron chi connectivity index (χ0n) is 15.0. The number of aromatic amines is 1. The number of nitrogens with one attached hydrogen (secondary N) is 2. The third-order valence-corrected chi connectivity index (χ3v) is 5.45. The SMILES string of the molecule is CC[C@H]1CN(Cc2c[nH]c3ccccc23)CC[C@H]1CC(=O)NCCO. The Bertz CT molecular complexity index is 697. The molecule has 2 heterocycles. The highest BCUT2D eigenvalue weighted by molar-refractivity contribution is 5.83. The van der Waals surface area contributed by atoms with Gasteiger partial charge in [0.2, 0.25) is 5.91 Å². The number of fused-ring (bicyclic) bond motifs is 1. The van der Waals surface area contributed by atoms with Gasteiger partial charge in [-0.1, -0.05) is 31.5 Å². The lowest BCUT2D eigenvalue weighted by Crippen LogP contribution is -2.41. The lowest BCUT2D eigenvalue weighted by atomic mass is 9.81. The van der Waals surface area contributed by atoms with Crippen LogP contribution >= 0.6 is 0 Å². The number of likely N-dealkylation sites (tertiary alicyclic amines) is 1. The van der Waals surface area contributed by atoms with Crippen molar-refractivity contribution in [2.24, 2.45) is 11.8 Å². The van der Waals surface area contributed by atoms with Crippen LogP contribution in [0, 0.1) is 11.8 Å². The summed E-state index contributed by atoms with van der Waals surface area (Å²) in [6, 6.07) is 8.44. The van der Waals surface area contributed by atoms with Crippen molar-refractivity contribution in [3.8, 4) is 0 Å². The molecular formula is C20H29N3O2. The molecule has 136 valence electrons. The van der Waals surface area contributed by atoms with Gasteiger partial charge in [0.05, 0.1) is 6.61 Å². The van der Waals surface area contributed by atoms with Crippen LogP contribution in [0.5, 0.6) is 0 Å². The molecule has 3 rings (SSSR count). The zero-order valence-corrected chi connectivity index (χ0v) is 15.0. The van der Waals surface area contributed by atoms with Gasteiger partial charge < -0.3 is 15.4 Å². The smallest absolute Gasteiger partial charge is 0.220 e. The summed E-state index contributed by atoms with van der Waals surface area (Å²) in [5.74, 6) is 1.07. The highest BCUT2D eigenvalue weighted by atomic mass is 16.3. The van der Waals surface area contributed by atoms with E-state index in [1.165, 1.54) is 16.5 Å². The van der Waals surface area contributed by atoms with E-state index in [0.717, 1.165) is 32.5 Å². The molecule has 0 saturated carbocycles. The Hall–Kier alpha value is -1.85. The fourth-order valence-electron chi connectivity index (χ4n) is 4.04. The van der Waals surface area contributed by atoms with E-state index in [2.05, 4.69) is 52.6 Å². The molecule has 0 radical (unpaired) electrons. The van der Waals surface area contributed by atoms with Crippen molar-refractivity contribution in [2.75, 3.05) is 26.2 Å². The number of nitrogens with zero attached hydrogens (tertiary/aromatic N) is 1. The molecule has 5 nitrogen and oxygen atoms in total. The molecule has 1 aromatic carbocycles. The summed E-state index contributed by atoms with van der Waals surface area (Å²) in [7, 11) is 0. The molecule has 1 aliphatic rings. The van der Waals surface area contributed by atoms with Crippen LogP contribution in [0.15, 0.2) is 30.5 Å². The molecular weight excluding hydrogens is 314 g/mol. The first-order valence-corrected chi connectivity index (χ1v) is 9.36. The minimum absolute atomic E-state index is 0.00596. The van der Waals surface area contributed by atoms with E-state index >= 15 is 0 Å². The number of aromatic nitrogens is 1. The summed E-state index contributed by atoms with van der Waals surface area (Å²) >= 11 is 0. The lowest BCUT2D eigenvalue weighted by molar-refractivity contribution is -0.123. The second kappa shape index (κ2) is 8.50. The van der Waals surface area contributed by atoms with Gasteiger partial charge in [-0.15, -0.1) is 0 Å². The number of piperidine rings is 1. The van der Waals surface area contributed by atoms with E-state index in [0.29, 0.717) is 24.8 Å². The van der Waals surface area contributed by atoms with Crippen LogP contribution in [0.4, 0.5) is 0 Å². The first-order chi connectivity index (χ1) is 12.2. The molecule has 1 amide bonds. The van der Waals surface area contributed by atoms with Crippen LogP contribution in [-0.4, -0.2) is 47.1 Å². The predicted octanol–water partition coefficient (Wildman–Crippen LogP) is 2.51. The Morgan fingerprint density at radius 2 is 2.20 bits per heavy atom. The minimum Gasteiger partial charge on any atom is -0.395 e. The van der Waals surface area contributed by atoms with Crippen molar-refractivity contribution in [1.82, 2.24) is 15.2 Å². The summed E-state index contributed by atoms with van der Waals surface area (Å²) in [4.78, 5) is 17.9. The monoisotopic (exact) mass is 343 g/mol. The number of rotatable bonds is 7. The number of aliphatic hydroxyl groups excluding tert-OH is 1. The Labute approximate surface area is 149 Å². The molecule has 2 atom stereocenters. The first kappa shape index (κ1) is 18.0. The number of hydrogen-bond acceptors (Lipinski definition) is 3. The van der Waals surface area contributed by atoms with Crippen molar-refractivity contribution < 1.29 is 9.90 Å². The highest BCUT2D eigenvalue weighted by Crippen LogP contribution is 2.30. The van der Waals surface area contributed by atoms with Gasteiger partial charge in [-0.3, -0.25) is 9.69 Å². The van der Waals surface area contributed by atoms with E-state index in [4.69, 9.17) is 5.11 Å². The Morgan fingerprint density at radius 3 is 3.00 bits per heavy atom. The van der Waals surface area contributed by atoms with Crippen LogP contribution < -0.4 is 5.32 Å². The largest absolute Gasteiger partial charge is 0.395 e. The quantitative estimate of drug-likeness (QED) is 0.723. The van der Waals surface area contributed by atoms with Crippen LogP contribution in [-0.2, 0) is 11.3 Å². The number of aliphatic hydroxyl groups is 1. The molecule has 5 heteroatoms. The lowest BCUT2D eigenvalue weighted by Gasteiger charge is -2.38. The first-order valence-electron chi connectivity index (χ1n) is 9.36. The fraction of sp³-hybridized carbons (Fsp3) is 0.550. The molecule has 25 heavy (non-hydrogen) atoms. The van der Waals surface area contributed by atoms with E-state index in [9.17, 15) is 4.79 Å². The van der Waals surface area contributed by atoms with Crippen LogP contribution in [0.25, 0.3) is 10.9 Å². The van der Waals surface area contributed by atoms with Crippen molar-refractivity contribution in [3.05, 3.63) is 36.0 Å². The maximum absolute atomic E-state index is 12.0. The topological polar surface area (TPSA) is 68.4 Å². The standard InChI is InChI=1S/C20H29N3O2/c1-2-15-13-23(9-7-16(15)11-20(25)21-8-10-24)14-17-12-22-19-6-4-3-5-18(17)19/h3-6,12,15-16,22,24H,2,7-11,13-14H2,1H3,(H,21,25)/t15-,16-/m0/s1. The summed E-state index contributed by atoms with van der Waals surface area (Å²) < 4.78 is 0. The maximum Gasteiger partial charge on any atom is 0.220 e. The van der Waals surface area contributed by atoms with Crippen molar-refractivity contribution in [2.45, 2.75) is 32.7 Å². The fourth-order valence-corrected chi connectivity index (χ4v) is 4.04. The van der Waals surface area contributed by atoms with E-state index in [1.54, 1.807) is 0 Å². The number of benzene rings is 1. The molecule has 1 aliphatic heterocycles. The van der Waals surface area contributed by atoms with Gasteiger partial charge in [0.25, 0.3) is 0 Å². The van der Waals surface area contributed by atoms with Gasteiger partial charge in [-0.25, -0.2) is 0 Å². The van der Waals surface area contributed by atoms with Gasteiger partial charge in [-0.05, 0) is 36.4 Å². The molecule has 1 fully saturated rings. The normalized spacial score (nSPS) is 21.5. The molecule has 1 saturated heterocycles. The summed E-state index contributed by atoms with van der Waals surface area (Å²) in [6.45, 7) is 5.63. The molecule has 0 aliphatic carbocycles. The van der Waals surface area contributed by atoms with E-state index in [1.807, 2.05) is 0 Å². The summed E-state index contributed by atoms with van der Waals surface area (Å²) in [6.07, 6.45) is 4.87. The van der Waals surface area contributed by atoms with Gasteiger partial charge in [-0.2, -0.15) is 0 Å². The zero-order chi connectivity index (χ0) is 17.6. The third kappa shape index (κ3) is 4.41. The van der Waals surface area contributed by atoms with Crippen LogP contribution in [0.1, 0.15) is 31.7 Å². The molecule has 2 aromatic rings. The number of hydrogen-bond donors (Lipinski definition) is 3. The van der Waals surface area contributed by atoms with Crippen molar-refractivity contribution >= 4 is 16.8 Å². The highest BCUT2D eigenvalue weighted by Gasteiger charge is 2.29. The van der Waals surface area contributed by atoms with Gasteiger partial charge >= 0.3 is 0 Å². The molecule has 3 N–H and O–H groups in total. The number of H-pyrrole nitrogens is 1. The molecule has 0 spiro atoms. The predicted molar refractivity (Wildman–Crippen MR) is 100 cm³/mol. The second-order valence-electron chi connectivity index (χ2n) is 7.09. The molecule has 0 bridgehead atoms. The average molecular weight is 343 g/mol. The van der Waals surface area contributed by atoms with Gasteiger partial charge in [0.15, 0.2) is 0 Å². The van der Waals surface area contributed by atoms with Gasteiger partial charge in [0.1, 0.15) is 0 Å². The van der Waals surface area contributed by atoms with Crippen molar-refractivity contribution in [3.63, 3.8) is 0 Å². The molecule has 0 unspecified atom stereocenters. The van der Waals surface area contributed by atoms with Crippen molar-refractivity contribution in [1.29, 1.82) is 0 Å². The van der Waals surface area contributed by atoms with Crippen LogP contribution in [0.3, 0.4) is 0 Å². The number of carbonyl (C=O) groups is 1. The van der Waals surface area contributed by atoms with Gasteiger partial charge in [0, 0.05) is 43.2 Å². The summed E-state index contributed by atoms with van der Waals surface area (Å²) in [5, 5.41) is 12.9. The Balaban J connectivity index is 1.58. The number of para-hydroxylation sites is 1. The van der Waals surface area contributed by atoms with E-state index in [-0.39, 0.29) is 12.5 Å². The average Bonchev–Trinajstić information content (AvgIpc) is 3.04. The summed E-state index contributed by atoms with van der Waals surface area (Å²) in [5.41, 5.74) is 2.55. The Morgan fingerprint density at radius 1 is 1.36 bits per heavy atom. The minimum atomic E-state index is 0.00596. The molecule has 1 aromatic heterocycles. The number of amides is 1. The van der Waals surface area contributed by atoms with Crippen LogP contribution in [0.2, 0.25) is 0 Å².